The van der Waals surface area contributed by atoms with Crippen LogP contribution in [-0.2, 0) is 10.3 Å². The third-order valence-corrected chi connectivity index (χ3v) is 4.59. The molecule has 7 nitrogen and oxygen atoms in total. The lowest BCUT2D eigenvalue weighted by Crippen LogP contribution is -2.49. The minimum absolute atomic E-state index is 0.0316. The van der Waals surface area contributed by atoms with Crippen LogP contribution in [0.5, 0.6) is 5.75 Å². The van der Waals surface area contributed by atoms with E-state index in [1.807, 2.05) is 0 Å². The first kappa shape index (κ1) is 18.2. The SMILES string of the molecule is CC(C)(C)OC(=O)N1C2=C(Oc3ccccc31)C(=O)c1cnccc1C2(C)O. The Morgan fingerprint density at radius 3 is 2.68 bits per heavy atom. The molecule has 1 atom stereocenters. The average Bonchev–Trinajstić information content (AvgIpc) is 2.63. The molecule has 144 valence electrons. The minimum Gasteiger partial charge on any atom is -0.449 e. The van der Waals surface area contributed by atoms with Gasteiger partial charge in [-0.25, -0.2) is 9.69 Å². The zero-order valence-corrected chi connectivity index (χ0v) is 16.0. The van der Waals surface area contributed by atoms with Crippen LogP contribution in [0.1, 0.15) is 43.6 Å². The topological polar surface area (TPSA) is 89.0 Å². The van der Waals surface area contributed by atoms with Gasteiger partial charge in [0.15, 0.2) is 11.5 Å². The third-order valence-electron chi connectivity index (χ3n) is 4.59. The smallest absolute Gasteiger partial charge is 0.419 e. The summed E-state index contributed by atoms with van der Waals surface area (Å²) in [7, 11) is 0. The predicted molar refractivity (Wildman–Crippen MR) is 101 cm³/mol. The van der Waals surface area contributed by atoms with Gasteiger partial charge in [-0.1, -0.05) is 12.1 Å². The number of ether oxygens (including phenoxy) is 2. The maximum atomic E-state index is 13.1. The van der Waals surface area contributed by atoms with Gasteiger partial charge in [0.2, 0.25) is 5.78 Å². The van der Waals surface area contributed by atoms with Crippen molar-refractivity contribution < 1.29 is 24.2 Å². The first-order valence-corrected chi connectivity index (χ1v) is 8.87. The molecule has 0 fully saturated rings. The Morgan fingerprint density at radius 1 is 1.25 bits per heavy atom. The number of nitrogens with zero attached hydrogens (tertiary/aromatic N) is 2. The molecule has 1 aliphatic carbocycles. The number of Topliss-reactive ketones (excluding diaryl/α,β-unsaturated/α-hetero) is 1. The lowest BCUT2D eigenvalue weighted by Gasteiger charge is -2.42. The molecule has 0 saturated heterocycles. The van der Waals surface area contributed by atoms with Gasteiger partial charge in [0.1, 0.15) is 16.9 Å². The van der Waals surface area contributed by atoms with Gasteiger partial charge in [-0.2, -0.15) is 0 Å². The number of carbonyl (C=O) groups is 2. The molecule has 2 aromatic rings. The lowest BCUT2D eigenvalue weighted by molar-refractivity contribution is 0.0486. The largest absolute Gasteiger partial charge is 0.449 e. The molecule has 1 aromatic carbocycles. The highest BCUT2D eigenvalue weighted by Gasteiger charge is 2.50. The van der Waals surface area contributed by atoms with Crippen LogP contribution in [0.3, 0.4) is 0 Å². The number of fused-ring (bicyclic) bond motifs is 2. The van der Waals surface area contributed by atoms with E-state index in [0.717, 1.165) is 0 Å². The number of aromatic nitrogens is 1. The van der Waals surface area contributed by atoms with E-state index in [-0.39, 0.29) is 17.0 Å². The number of carbonyl (C=O) groups excluding carboxylic acids is 2. The zero-order chi connectivity index (χ0) is 20.3. The maximum absolute atomic E-state index is 13.1. The normalized spacial score (nSPS) is 20.8. The Morgan fingerprint density at radius 2 is 1.96 bits per heavy atom. The number of pyridine rings is 1. The molecule has 7 heteroatoms. The average molecular weight is 380 g/mol. The number of hydrogen-bond donors (Lipinski definition) is 1. The van der Waals surface area contributed by atoms with Gasteiger partial charge < -0.3 is 14.6 Å². The molecule has 1 aromatic heterocycles. The van der Waals surface area contributed by atoms with Gasteiger partial charge in [-0.15, -0.1) is 0 Å². The van der Waals surface area contributed by atoms with Crippen molar-refractivity contribution in [3.05, 3.63) is 65.3 Å². The Hall–Kier alpha value is -3.19. The van der Waals surface area contributed by atoms with Crippen LogP contribution in [0.4, 0.5) is 10.5 Å². The fraction of sp³-hybridized carbons (Fsp3) is 0.286. The number of hydrogen-bond acceptors (Lipinski definition) is 6. The summed E-state index contributed by atoms with van der Waals surface area (Å²) in [5, 5.41) is 11.4. The molecule has 1 aliphatic heterocycles. The van der Waals surface area contributed by atoms with Crippen molar-refractivity contribution in [1.82, 2.24) is 4.98 Å². The molecule has 0 saturated carbocycles. The fourth-order valence-corrected chi connectivity index (χ4v) is 3.45. The summed E-state index contributed by atoms with van der Waals surface area (Å²) >= 11 is 0. The van der Waals surface area contributed by atoms with Crippen molar-refractivity contribution in [3.63, 3.8) is 0 Å². The van der Waals surface area contributed by atoms with E-state index in [1.165, 1.54) is 24.2 Å². The van der Waals surface area contributed by atoms with Gasteiger partial charge in [-0.05, 0) is 45.9 Å². The van der Waals surface area contributed by atoms with Gasteiger partial charge in [0, 0.05) is 18.0 Å². The molecule has 1 N–H and O–H groups in total. The lowest BCUT2D eigenvalue weighted by atomic mass is 9.80. The molecule has 1 amide bonds. The van der Waals surface area contributed by atoms with E-state index in [2.05, 4.69) is 4.98 Å². The molecular formula is C21H20N2O5. The van der Waals surface area contributed by atoms with Gasteiger partial charge in [0.05, 0.1) is 11.3 Å². The first-order valence-electron chi connectivity index (χ1n) is 8.87. The highest BCUT2D eigenvalue weighted by atomic mass is 16.6. The molecule has 2 aliphatic rings. The first-order chi connectivity index (χ1) is 13.1. The van der Waals surface area contributed by atoms with Crippen LogP contribution in [0.2, 0.25) is 0 Å². The number of ketones is 1. The van der Waals surface area contributed by atoms with E-state index in [4.69, 9.17) is 9.47 Å². The van der Waals surface area contributed by atoms with E-state index in [0.29, 0.717) is 17.0 Å². The number of benzene rings is 1. The van der Waals surface area contributed by atoms with Crippen LogP contribution in [0.15, 0.2) is 54.2 Å². The summed E-state index contributed by atoms with van der Waals surface area (Å²) < 4.78 is 11.4. The summed E-state index contributed by atoms with van der Waals surface area (Å²) in [5.74, 6) is -0.244. The number of amides is 1. The molecular weight excluding hydrogens is 360 g/mol. The van der Waals surface area contributed by atoms with Gasteiger partial charge >= 0.3 is 6.09 Å². The van der Waals surface area contributed by atoms with Crippen molar-refractivity contribution in [3.8, 4) is 5.75 Å². The zero-order valence-electron chi connectivity index (χ0n) is 16.0. The van der Waals surface area contributed by atoms with E-state index in [1.54, 1.807) is 51.1 Å². The monoisotopic (exact) mass is 380 g/mol. The predicted octanol–water partition coefficient (Wildman–Crippen LogP) is 3.53. The summed E-state index contributed by atoms with van der Waals surface area (Å²) in [6.07, 6.45) is 2.17. The molecule has 4 rings (SSSR count). The summed E-state index contributed by atoms with van der Waals surface area (Å²) in [4.78, 5) is 31.4. The van der Waals surface area contributed by atoms with Crippen LogP contribution in [-0.4, -0.2) is 27.6 Å². The Labute approximate surface area is 162 Å². The second-order valence-electron chi connectivity index (χ2n) is 7.89. The molecule has 0 bridgehead atoms. The van der Waals surface area contributed by atoms with E-state index >= 15 is 0 Å². The Kier molecular flexibility index (Phi) is 3.83. The number of rotatable bonds is 0. The molecule has 1 unspecified atom stereocenters. The van der Waals surface area contributed by atoms with Gasteiger partial charge in [-0.3, -0.25) is 9.78 Å². The fourth-order valence-electron chi connectivity index (χ4n) is 3.45. The van der Waals surface area contributed by atoms with Crippen molar-refractivity contribution in [2.24, 2.45) is 0 Å². The maximum Gasteiger partial charge on any atom is 0.419 e. The number of aliphatic hydroxyl groups is 1. The summed E-state index contributed by atoms with van der Waals surface area (Å²) in [6.45, 7) is 6.76. The molecule has 2 heterocycles. The Balaban J connectivity index is 1.96. The van der Waals surface area contributed by atoms with Gasteiger partial charge in [0.25, 0.3) is 0 Å². The summed E-state index contributed by atoms with van der Waals surface area (Å²) in [6, 6.07) is 8.36. The van der Waals surface area contributed by atoms with Crippen molar-refractivity contribution in [2.45, 2.75) is 38.9 Å². The van der Waals surface area contributed by atoms with E-state index < -0.39 is 23.1 Å². The highest BCUT2D eigenvalue weighted by molar-refractivity contribution is 6.13. The minimum atomic E-state index is -1.67. The van der Waals surface area contributed by atoms with Crippen LogP contribution >= 0.6 is 0 Å². The van der Waals surface area contributed by atoms with Crippen molar-refractivity contribution in [1.29, 1.82) is 0 Å². The summed E-state index contributed by atoms with van der Waals surface area (Å²) in [5.41, 5.74) is -1.44. The molecule has 0 spiro atoms. The van der Waals surface area contributed by atoms with Crippen molar-refractivity contribution in [2.75, 3.05) is 4.90 Å². The van der Waals surface area contributed by atoms with Crippen LogP contribution < -0.4 is 9.64 Å². The Bertz CT molecular complexity index is 1030. The standard InChI is InChI=1S/C21H20N2O5/c1-20(2,3)28-19(25)23-14-7-5-6-8-15(14)27-17-16(24)12-11-22-10-9-13(12)21(4,26)18(17)23/h5-11,26H,1-4H3. The van der Waals surface area contributed by atoms with Crippen LogP contribution in [0.25, 0.3) is 0 Å². The number of allylic oxidation sites excluding steroid dienone is 1. The second-order valence-corrected chi connectivity index (χ2v) is 7.89. The van der Waals surface area contributed by atoms with Crippen LogP contribution in [0, 0.1) is 0 Å². The highest BCUT2D eigenvalue weighted by Crippen LogP contribution is 2.48. The number of para-hydroxylation sites is 2. The van der Waals surface area contributed by atoms with E-state index in [9.17, 15) is 14.7 Å². The third kappa shape index (κ3) is 2.66. The quantitative estimate of drug-likeness (QED) is 0.752. The van der Waals surface area contributed by atoms with Crippen molar-refractivity contribution >= 4 is 17.6 Å². The molecule has 28 heavy (non-hydrogen) atoms. The number of anilines is 1. The molecule has 0 radical (unpaired) electrons. The second kappa shape index (κ2) is 5.90.